The molecular weight excluding hydrogens is 459 g/mol. The van der Waals surface area contributed by atoms with E-state index in [1.54, 1.807) is 19.1 Å². The largest absolute Gasteiger partial charge is 0.327 e. The van der Waals surface area contributed by atoms with Crippen LogP contribution < -0.4 is 5.73 Å². The highest BCUT2D eigenvalue weighted by molar-refractivity contribution is 6.31. The minimum atomic E-state index is -2.93. The standard InChI is InChI=1S/C28H37ClF3NO/c1-5-11-22(26(33)18-23-16-17-24(30)19-25(23)29)14-9-10-15-27(34)21(6-2)13-8-7-12-20(3)28(4,31)32/h6-7,13,16-17,19,22,26H,3,5,9-12,14-15,18,33H2,1-2,4H3/b21-6+. The monoisotopic (exact) mass is 495 g/mol. The summed E-state index contributed by atoms with van der Waals surface area (Å²) in [5, 5.41) is 0.394. The van der Waals surface area contributed by atoms with Crippen molar-refractivity contribution in [2.24, 2.45) is 11.7 Å². The molecule has 1 aromatic rings. The average molecular weight is 496 g/mol. The fraction of sp³-hybridized carbons (Fsp3) is 0.500. The van der Waals surface area contributed by atoms with E-state index in [4.69, 9.17) is 17.3 Å². The molecule has 0 radical (unpaired) electrons. The summed E-state index contributed by atoms with van der Waals surface area (Å²) in [5.74, 6) is -3.01. The first kappa shape index (κ1) is 30.0. The minimum Gasteiger partial charge on any atom is -0.327 e. The van der Waals surface area contributed by atoms with Crippen molar-refractivity contribution in [2.75, 3.05) is 0 Å². The Morgan fingerprint density at radius 1 is 1.29 bits per heavy atom. The van der Waals surface area contributed by atoms with Crippen LogP contribution in [0.4, 0.5) is 13.2 Å². The number of unbranched alkanes of at least 4 members (excludes halogenated alkanes) is 1. The van der Waals surface area contributed by atoms with Crippen molar-refractivity contribution in [3.8, 4) is 0 Å². The zero-order valence-electron chi connectivity index (χ0n) is 20.5. The number of hydrogen-bond acceptors (Lipinski definition) is 2. The first-order chi connectivity index (χ1) is 16.0. The van der Waals surface area contributed by atoms with E-state index in [0.717, 1.165) is 44.6 Å². The van der Waals surface area contributed by atoms with Crippen molar-refractivity contribution in [2.45, 2.75) is 84.1 Å². The Hall–Kier alpha value is -2.07. The molecule has 0 aliphatic carbocycles. The highest BCUT2D eigenvalue weighted by Crippen LogP contribution is 2.25. The second-order valence-corrected chi connectivity index (χ2v) is 9.18. The summed E-state index contributed by atoms with van der Waals surface area (Å²) in [5.41, 5.74) is 10.4. The van der Waals surface area contributed by atoms with E-state index in [2.05, 4.69) is 19.2 Å². The van der Waals surface area contributed by atoms with E-state index in [1.165, 1.54) is 24.3 Å². The maximum atomic E-state index is 13.3. The van der Waals surface area contributed by atoms with Gasteiger partial charge in [-0.25, -0.2) is 13.2 Å². The number of ketones is 1. The van der Waals surface area contributed by atoms with Crippen LogP contribution in [-0.2, 0) is 11.2 Å². The molecule has 0 fully saturated rings. The predicted molar refractivity (Wildman–Crippen MR) is 136 cm³/mol. The molecule has 0 aliphatic rings. The topological polar surface area (TPSA) is 43.1 Å². The molecule has 0 amide bonds. The molecule has 2 nitrogen and oxygen atoms in total. The van der Waals surface area contributed by atoms with E-state index in [0.29, 0.717) is 23.4 Å². The highest BCUT2D eigenvalue weighted by Gasteiger charge is 2.24. The smallest absolute Gasteiger partial charge is 0.266 e. The summed E-state index contributed by atoms with van der Waals surface area (Å²) in [6.07, 6.45) is 10.2. The van der Waals surface area contributed by atoms with Crippen molar-refractivity contribution in [3.63, 3.8) is 0 Å². The molecule has 0 aliphatic heterocycles. The quantitative estimate of drug-likeness (QED) is 0.0876. The van der Waals surface area contributed by atoms with Crippen molar-refractivity contribution in [3.05, 3.63) is 76.3 Å². The number of halogens is 4. The minimum absolute atomic E-state index is 0.00233. The molecule has 1 aromatic carbocycles. The molecular formula is C28H37ClF3NO. The number of carbonyl (C=O) groups excluding carboxylic acids is 1. The van der Waals surface area contributed by atoms with Gasteiger partial charge in [0, 0.05) is 30.0 Å². The van der Waals surface area contributed by atoms with Crippen LogP contribution in [0.15, 0.2) is 59.9 Å². The molecule has 0 aromatic heterocycles. The van der Waals surface area contributed by atoms with E-state index in [9.17, 15) is 18.0 Å². The predicted octanol–water partition coefficient (Wildman–Crippen LogP) is 8.15. The Morgan fingerprint density at radius 3 is 2.59 bits per heavy atom. The summed E-state index contributed by atoms with van der Waals surface area (Å²) >= 11 is 6.15. The summed E-state index contributed by atoms with van der Waals surface area (Å²) in [7, 11) is 0. The van der Waals surface area contributed by atoms with Gasteiger partial charge in [-0.1, -0.05) is 50.1 Å². The summed E-state index contributed by atoms with van der Waals surface area (Å²) in [6, 6.07) is 4.29. The zero-order valence-corrected chi connectivity index (χ0v) is 21.2. The summed E-state index contributed by atoms with van der Waals surface area (Å²) in [6.45, 7) is 8.06. The van der Waals surface area contributed by atoms with Crippen LogP contribution >= 0.6 is 11.6 Å². The molecule has 34 heavy (non-hydrogen) atoms. The third-order valence-electron chi connectivity index (χ3n) is 5.92. The lowest BCUT2D eigenvalue weighted by Gasteiger charge is -2.24. The maximum absolute atomic E-state index is 13.3. The van der Waals surface area contributed by atoms with Crippen LogP contribution in [-0.4, -0.2) is 17.7 Å². The number of benzene rings is 1. The van der Waals surface area contributed by atoms with Crippen molar-refractivity contribution in [1.82, 2.24) is 0 Å². The Kier molecular flexibility index (Phi) is 13.2. The highest BCUT2D eigenvalue weighted by atomic mass is 35.5. The van der Waals surface area contributed by atoms with Gasteiger partial charge in [0.1, 0.15) is 5.82 Å². The van der Waals surface area contributed by atoms with Gasteiger partial charge in [0.15, 0.2) is 5.78 Å². The van der Waals surface area contributed by atoms with Crippen LogP contribution in [0.2, 0.25) is 5.02 Å². The van der Waals surface area contributed by atoms with Gasteiger partial charge in [-0.15, -0.1) is 5.73 Å². The first-order valence-corrected chi connectivity index (χ1v) is 12.2. The van der Waals surface area contributed by atoms with E-state index < -0.39 is 5.92 Å². The Morgan fingerprint density at radius 2 is 2.00 bits per heavy atom. The molecule has 0 heterocycles. The van der Waals surface area contributed by atoms with Crippen molar-refractivity contribution in [1.29, 1.82) is 0 Å². The van der Waals surface area contributed by atoms with Crippen LogP contribution in [0.5, 0.6) is 0 Å². The van der Waals surface area contributed by atoms with Gasteiger partial charge < -0.3 is 5.73 Å². The Bertz CT molecular complexity index is 911. The molecule has 0 saturated carbocycles. The summed E-state index contributed by atoms with van der Waals surface area (Å²) in [4.78, 5) is 12.5. The molecule has 6 heteroatoms. The van der Waals surface area contributed by atoms with Crippen LogP contribution in [0.3, 0.4) is 0 Å². The fourth-order valence-corrected chi connectivity index (χ4v) is 3.97. The van der Waals surface area contributed by atoms with Gasteiger partial charge in [-0.2, -0.15) is 0 Å². The van der Waals surface area contributed by atoms with Gasteiger partial charge >= 0.3 is 0 Å². The molecule has 188 valence electrons. The molecule has 0 spiro atoms. The third kappa shape index (κ3) is 10.9. The third-order valence-corrected chi connectivity index (χ3v) is 6.28. The lowest BCUT2D eigenvalue weighted by atomic mass is 9.86. The van der Waals surface area contributed by atoms with E-state index >= 15 is 0 Å². The molecule has 2 unspecified atom stereocenters. The fourth-order valence-electron chi connectivity index (χ4n) is 3.72. The SMILES string of the molecule is C=C(CC=C=C/C(=C\C)C(=O)CCCCC(CCC)C(N)Cc1ccc(F)cc1Cl)C(C)(F)F. The molecule has 2 atom stereocenters. The number of alkyl halides is 2. The zero-order chi connectivity index (χ0) is 25.7. The van der Waals surface area contributed by atoms with Crippen molar-refractivity contribution < 1.29 is 18.0 Å². The summed E-state index contributed by atoms with van der Waals surface area (Å²) < 4.78 is 39.5. The van der Waals surface area contributed by atoms with Crippen LogP contribution in [0, 0.1) is 11.7 Å². The number of allylic oxidation sites excluding steroid dienone is 4. The second-order valence-electron chi connectivity index (χ2n) is 8.78. The van der Waals surface area contributed by atoms with Crippen LogP contribution in [0.1, 0.15) is 71.3 Å². The van der Waals surface area contributed by atoms with Gasteiger partial charge in [-0.3, -0.25) is 4.79 Å². The van der Waals surface area contributed by atoms with Crippen LogP contribution in [0.25, 0.3) is 0 Å². The second kappa shape index (κ2) is 15.0. The van der Waals surface area contributed by atoms with Crippen molar-refractivity contribution >= 4 is 17.4 Å². The van der Waals surface area contributed by atoms with E-state index in [-0.39, 0.29) is 35.6 Å². The number of rotatable bonds is 15. The maximum Gasteiger partial charge on any atom is 0.266 e. The Balaban J connectivity index is 2.55. The van der Waals surface area contributed by atoms with Gasteiger partial charge in [0.05, 0.1) is 0 Å². The normalized spacial score (nSPS) is 13.7. The number of nitrogens with two attached hydrogens (primary N) is 1. The number of Topliss-reactive ketones (excluding diaryl/α,β-unsaturated/α-hetero) is 1. The first-order valence-electron chi connectivity index (χ1n) is 11.9. The average Bonchev–Trinajstić information content (AvgIpc) is 2.76. The van der Waals surface area contributed by atoms with E-state index in [1.807, 2.05) is 0 Å². The van der Waals surface area contributed by atoms with Gasteiger partial charge in [-0.05, 0) is 80.4 Å². The molecule has 2 N–H and O–H groups in total. The molecule has 0 bridgehead atoms. The Labute approximate surface area is 207 Å². The van der Waals surface area contributed by atoms with Gasteiger partial charge in [0.25, 0.3) is 5.92 Å². The molecule has 0 saturated heterocycles. The lowest BCUT2D eigenvalue weighted by molar-refractivity contribution is -0.115. The number of hydrogen-bond donors (Lipinski definition) is 1. The van der Waals surface area contributed by atoms with Gasteiger partial charge in [0.2, 0.25) is 0 Å². The number of carbonyl (C=O) groups is 1. The molecule has 1 rings (SSSR count). The lowest BCUT2D eigenvalue weighted by Crippen LogP contribution is -2.32.